The SMILES string of the molecule is CC1=C(CO)C(=O)CC1.CC1=CCC(C)=C1CC1C=Cc2ccccc21. The summed E-state index contributed by atoms with van der Waals surface area (Å²) in [6.45, 7) is 6.34. The van der Waals surface area contributed by atoms with Crippen LogP contribution in [0.3, 0.4) is 0 Å². The first kappa shape index (κ1) is 18.6. The van der Waals surface area contributed by atoms with Crippen LogP contribution in [0.1, 0.15) is 63.5 Å². The van der Waals surface area contributed by atoms with Gasteiger partial charge in [-0.3, -0.25) is 4.79 Å². The monoisotopic (exact) mass is 348 g/mol. The van der Waals surface area contributed by atoms with Crippen molar-refractivity contribution in [2.75, 3.05) is 6.61 Å². The molecular weight excluding hydrogens is 320 g/mol. The maximum atomic E-state index is 10.8. The Hall–Kier alpha value is -2.19. The van der Waals surface area contributed by atoms with Crippen LogP contribution in [0.2, 0.25) is 0 Å². The van der Waals surface area contributed by atoms with Gasteiger partial charge in [-0.1, -0.05) is 59.2 Å². The van der Waals surface area contributed by atoms with Gasteiger partial charge in [-0.05, 0) is 56.7 Å². The summed E-state index contributed by atoms with van der Waals surface area (Å²) in [6.07, 6.45) is 10.7. The normalized spacial score (nSPS) is 21.2. The number of fused-ring (bicyclic) bond motifs is 1. The van der Waals surface area contributed by atoms with Crippen molar-refractivity contribution in [3.8, 4) is 0 Å². The summed E-state index contributed by atoms with van der Waals surface area (Å²) >= 11 is 0. The number of benzene rings is 1. The molecule has 3 aliphatic carbocycles. The molecule has 0 saturated heterocycles. The topological polar surface area (TPSA) is 37.3 Å². The Morgan fingerprint density at radius 1 is 1.04 bits per heavy atom. The number of rotatable bonds is 3. The predicted molar refractivity (Wildman–Crippen MR) is 108 cm³/mol. The Bertz CT molecular complexity index is 834. The van der Waals surface area contributed by atoms with Crippen molar-refractivity contribution in [2.45, 2.75) is 52.4 Å². The maximum absolute atomic E-state index is 10.8. The van der Waals surface area contributed by atoms with E-state index in [1.165, 1.54) is 23.1 Å². The summed E-state index contributed by atoms with van der Waals surface area (Å²) < 4.78 is 0. The van der Waals surface area contributed by atoms with Crippen LogP contribution in [0.5, 0.6) is 0 Å². The molecule has 1 aromatic carbocycles. The number of carbonyl (C=O) groups is 1. The molecule has 0 amide bonds. The molecule has 26 heavy (non-hydrogen) atoms. The third-order valence-corrected chi connectivity index (χ3v) is 5.77. The van der Waals surface area contributed by atoms with Crippen LogP contribution in [0.15, 0.2) is 64.3 Å². The van der Waals surface area contributed by atoms with E-state index in [9.17, 15) is 4.79 Å². The van der Waals surface area contributed by atoms with Crippen molar-refractivity contribution >= 4 is 11.9 Å². The maximum Gasteiger partial charge on any atom is 0.161 e. The standard InChI is InChI=1S/C17H18.C7H10O2/c1-12-7-8-13(2)17(12)11-15-10-9-14-5-3-4-6-16(14)15;1-5-2-3-7(9)6(5)4-8/h3-7,9-10,15H,8,11H2,1-2H3;8H,2-4H2,1H3. The quantitative estimate of drug-likeness (QED) is 0.782. The van der Waals surface area contributed by atoms with Gasteiger partial charge in [-0.15, -0.1) is 0 Å². The van der Waals surface area contributed by atoms with Crippen LogP contribution >= 0.6 is 0 Å². The molecule has 0 fully saturated rings. The minimum atomic E-state index is -0.0787. The number of aliphatic hydroxyl groups excluding tert-OH is 1. The van der Waals surface area contributed by atoms with Crippen molar-refractivity contribution in [1.29, 1.82) is 0 Å². The Balaban J connectivity index is 0.000000185. The van der Waals surface area contributed by atoms with Gasteiger partial charge in [-0.2, -0.15) is 0 Å². The fourth-order valence-electron chi connectivity index (χ4n) is 4.01. The molecule has 1 aromatic rings. The van der Waals surface area contributed by atoms with Gasteiger partial charge in [0.1, 0.15) is 0 Å². The number of Topliss-reactive ketones (excluding diaryl/α,β-unsaturated/α-hetero) is 1. The molecule has 136 valence electrons. The third kappa shape index (κ3) is 3.81. The lowest BCUT2D eigenvalue weighted by Crippen LogP contribution is -1.99. The highest BCUT2D eigenvalue weighted by molar-refractivity contribution is 5.98. The number of carbonyl (C=O) groups excluding carboxylic acids is 1. The second-order valence-electron chi connectivity index (χ2n) is 7.49. The van der Waals surface area contributed by atoms with Gasteiger partial charge in [0.05, 0.1) is 6.61 Å². The molecule has 1 atom stereocenters. The van der Waals surface area contributed by atoms with Crippen molar-refractivity contribution < 1.29 is 9.90 Å². The van der Waals surface area contributed by atoms with E-state index in [4.69, 9.17) is 5.11 Å². The van der Waals surface area contributed by atoms with E-state index in [1.54, 1.807) is 11.1 Å². The first-order valence-corrected chi connectivity index (χ1v) is 9.46. The molecule has 0 aliphatic heterocycles. The zero-order valence-corrected chi connectivity index (χ0v) is 16.0. The Labute approximate surface area is 156 Å². The average Bonchev–Trinajstić information content (AvgIpc) is 3.29. The van der Waals surface area contributed by atoms with Gasteiger partial charge in [0.2, 0.25) is 0 Å². The average molecular weight is 348 g/mol. The van der Waals surface area contributed by atoms with Crippen molar-refractivity contribution in [2.24, 2.45) is 0 Å². The number of hydrogen-bond donors (Lipinski definition) is 1. The zero-order valence-electron chi connectivity index (χ0n) is 16.0. The third-order valence-electron chi connectivity index (χ3n) is 5.77. The molecule has 2 nitrogen and oxygen atoms in total. The van der Waals surface area contributed by atoms with Crippen LogP contribution in [-0.4, -0.2) is 17.5 Å². The molecule has 0 saturated carbocycles. The van der Waals surface area contributed by atoms with E-state index in [1.807, 2.05) is 6.92 Å². The molecule has 3 aliphatic rings. The number of ketones is 1. The fourth-order valence-corrected chi connectivity index (χ4v) is 4.01. The number of hydrogen-bond acceptors (Lipinski definition) is 2. The Morgan fingerprint density at radius 2 is 1.81 bits per heavy atom. The second kappa shape index (κ2) is 8.01. The van der Waals surface area contributed by atoms with Crippen LogP contribution < -0.4 is 0 Å². The van der Waals surface area contributed by atoms with E-state index in [-0.39, 0.29) is 12.4 Å². The van der Waals surface area contributed by atoms with Crippen molar-refractivity contribution in [3.63, 3.8) is 0 Å². The molecule has 1 unspecified atom stereocenters. The van der Waals surface area contributed by atoms with E-state index < -0.39 is 0 Å². The molecule has 0 heterocycles. The molecule has 0 spiro atoms. The smallest absolute Gasteiger partial charge is 0.161 e. The Kier molecular flexibility index (Phi) is 5.73. The summed E-state index contributed by atoms with van der Waals surface area (Å²) in [7, 11) is 0. The van der Waals surface area contributed by atoms with Crippen LogP contribution in [0.25, 0.3) is 6.08 Å². The first-order valence-electron chi connectivity index (χ1n) is 9.46. The molecule has 2 heteroatoms. The summed E-state index contributed by atoms with van der Waals surface area (Å²) in [6, 6.07) is 8.75. The minimum absolute atomic E-state index is 0.0787. The van der Waals surface area contributed by atoms with Crippen LogP contribution in [0.4, 0.5) is 0 Å². The van der Waals surface area contributed by atoms with Gasteiger partial charge in [0, 0.05) is 17.9 Å². The van der Waals surface area contributed by atoms with Gasteiger partial charge >= 0.3 is 0 Å². The lowest BCUT2D eigenvalue weighted by Gasteiger charge is -2.14. The van der Waals surface area contributed by atoms with E-state index in [2.05, 4.69) is 56.3 Å². The predicted octanol–water partition coefficient (Wildman–Crippen LogP) is 5.51. The van der Waals surface area contributed by atoms with E-state index in [0.717, 1.165) is 18.4 Å². The first-order chi connectivity index (χ1) is 12.5. The van der Waals surface area contributed by atoms with Crippen LogP contribution in [-0.2, 0) is 4.79 Å². The molecule has 4 rings (SSSR count). The van der Waals surface area contributed by atoms with Crippen molar-refractivity contribution in [1.82, 2.24) is 0 Å². The fraction of sp³-hybridized carbons (Fsp3) is 0.375. The Morgan fingerprint density at radius 3 is 2.38 bits per heavy atom. The summed E-state index contributed by atoms with van der Waals surface area (Å²) in [4.78, 5) is 10.8. The molecule has 0 radical (unpaired) electrons. The second-order valence-corrected chi connectivity index (χ2v) is 7.49. The highest BCUT2D eigenvalue weighted by Crippen LogP contribution is 2.39. The van der Waals surface area contributed by atoms with Gasteiger partial charge < -0.3 is 5.11 Å². The summed E-state index contributed by atoms with van der Waals surface area (Å²) in [5.74, 6) is 0.701. The minimum Gasteiger partial charge on any atom is -0.392 e. The highest BCUT2D eigenvalue weighted by atomic mass is 16.3. The number of allylic oxidation sites excluding steroid dienone is 6. The molecule has 0 aromatic heterocycles. The lowest BCUT2D eigenvalue weighted by molar-refractivity contribution is -0.115. The number of aliphatic hydroxyl groups is 1. The van der Waals surface area contributed by atoms with E-state index >= 15 is 0 Å². The van der Waals surface area contributed by atoms with Gasteiger partial charge in [0.15, 0.2) is 5.78 Å². The largest absolute Gasteiger partial charge is 0.392 e. The lowest BCUT2D eigenvalue weighted by atomic mass is 9.90. The molecular formula is C24H28O2. The summed E-state index contributed by atoms with van der Waals surface area (Å²) in [5, 5.41) is 8.63. The van der Waals surface area contributed by atoms with Gasteiger partial charge in [0.25, 0.3) is 0 Å². The summed E-state index contributed by atoms with van der Waals surface area (Å²) in [5.41, 5.74) is 9.21. The van der Waals surface area contributed by atoms with E-state index in [0.29, 0.717) is 17.9 Å². The van der Waals surface area contributed by atoms with Gasteiger partial charge in [-0.25, -0.2) is 0 Å². The zero-order chi connectivity index (χ0) is 18.7. The highest BCUT2D eigenvalue weighted by Gasteiger charge is 2.21. The van der Waals surface area contributed by atoms with Crippen molar-refractivity contribution in [3.05, 3.63) is 75.4 Å². The van der Waals surface area contributed by atoms with Crippen LogP contribution in [0, 0.1) is 0 Å². The molecule has 1 N–H and O–H groups in total. The molecule has 0 bridgehead atoms.